The first kappa shape index (κ1) is 16.9. The fourth-order valence-corrected chi connectivity index (χ4v) is 2.71. The summed E-state index contributed by atoms with van der Waals surface area (Å²) in [5, 5.41) is 3.13. The van der Waals surface area contributed by atoms with E-state index in [0.29, 0.717) is 37.9 Å². The van der Waals surface area contributed by atoms with Crippen molar-refractivity contribution in [3.8, 4) is 0 Å². The van der Waals surface area contributed by atoms with Crippen LogP contribution in [0.5, 0.6) is 0 Å². The Morgan fingerprint density at radius 3 is 2.68 bits per heavy atom. The topological polar surface area (TPSA) is 96.5 Å². The van der Waals surface area contributed by atoms with Gasteiger partial charge >= 0.3 is 0 Å². The van der Waals surface area contributed by atoms with Crippen molar-refractivity contribution in [2.75, 3.05) is 55.4 Å². The van der Waals surface area contributed by atoms with Gasteiger partial charge in [-0.05, 0) is 13.8 Å². The van der Waals surface area contributed by atoms with Crippen LogP contribution < -0.4 is 14.9 Å². The van der Waals surface area contributed by atoms with Gasteiger partial charge in [0.25, 0.3) is 0 Å². The molecule has 0 amide bonds. The summed E-state index contributed by atoms with van der Waals surface area (Å²) in [5.41, 5.74) is 0. The van der Waals surface area contributed by atoms with Crippen molar-refractivity contribution >= 4 is 21.7 Å². The molecule has 0 spiro atoms. The number of aryl methyl sites for hydroxylation is 1. The Morgan fingerprint density at radius 2 is 2.00 bits per heavy atom. The first-order valence-corrected chi connectivity index (χ1v) is 9.05. The monoisotopic (exact) mass is 329 g/mol. The number of hydrogen-bond donors (Lipinski definition) is 2. The third kappa shape index (κ3) is 5.08. The number of sulfonamides is 1. The second kappa shape index (κ2) is 7.70. The fraction of sp³-hybridized carbons (Fsp3) is 0.692. The lowest BCUT2D eigenvalue weighted by atomic mass is 10.4. The molecule has 0 aliphatic carbocycles. The number of nitrogens with one attached hydrogen (secondary N) is 2. The molecule has 0 aromatic carbocycles. The third-order valence-electron chi connectivity index (χ3n) is 3.29. The minimum absolute atomic E-state index is 0.0841. The molecule has 0 saturated carbocycles. The zero-order chi connectivity index (χ0) is 16.0. The van der Waals surface area contributed by atoms with Gasteiger partial charge in [0, 0.05) is 32.2 Å². The molecular weight excluding hydrogens is 306 g/mol. The molecule has 2 heterocycles. The lowest BCUT2D eigenvalue weighted by Crippen LogP contribution is -2.37. The molecule has 1 saturated heterocycles. The van der Waals surface area contributed by atoms with E-state index in [1.807, 2.05) is 13.0 Å². The van der Waals surface area contributed by atoms with E-state index in [4.69, 9.17) is 4.74 Å². The summed E-state index contributed by atoms with van der Waals surface area (Å²) in [5.74, 6) is 2.33. The lowest BCUT2D eigenvalue weighted by molar-refractivity contribution is 0.122. The molecule has 2 rings (SSSR count). The number of nitrogens with zero attached hydrogens (tertiary/aromatic N) is 3. The van der Waals surface area contributed by atoms with Crippen LogP contribution in [0.1, 0.15) is 12.7 Å². The van der Waals surface area contributed by atoms with Gasteiger partial charge in [0.1, 0.15) is 17.5 Å². The van der Waals surface area contributed by atoms with E-state index in [9.17, 15) is 8.42 Å². The molecule has 0 unspecified atom stereocenters. The van der Waals surface area contributed by atoms with Crippen molar-refractivity contribution < 1.29 is 13.2 Å². The van der Waals surface area contributed by atoms with Crippen LogP contribution in [0, 0.1) is 6.92 Å². The normalized spacial score (nSPS) is 15.8. The van der Waals surface area contributed by atoms with Crippen LogP contribution in [-0.4, -0.2) is 63.5 Å². The number of aromatic nitrogens is 2. The highest BCUT2D eigenvalue weighted by Gasteiger charge is 2.14. The predicted molar refractivity (Wildman–Crippen MR) is 85.8 cm³/mol. The van der Waals surface area contributed by atoms with Gasteiger partial charge in [0.2, 0.25) is 10.0 Å². The maximum Gasteiger partial charge on any atom is 0.211 e. The van der Waals surface area contributed by atoms with Crippen LogP contribution in [0.4, 0.5) is 11.6 Å². The highest BCUT2D eigenvalue weighted by molar-refractivity contribution is 7.89. The van der Waals surface area contributed by atoms with E-state index in [2.05, 4.69) is 24.9 Å². The minimum atomic E-state index is -3.15. The number of rotatable bonds is 7. The molecule has 0 atom stereocenters. The molecule has 1 aliphatic heterocycles. The van der Waals surface area contributed by atoms with Crippen molar-refractivity contribution in [1.29, 1.82) is 0 Å². The third-order valence-corrected chi connectivity index (χ3v) is 4.70. The molecule has 2 N–H and O–H groups in total. The van der Waals surface area contributed by atoms with Gasteiger partial charge < -0.3 is 15.0 Å². The molecule has 9 heteroatoms. The van der Waals surface area contributed by atoms with Gasteiger partial charge in [-0.1, -0.05) is 0 Å². The molecular formula is C13H23N5O3S. The minimum Gasteiger partial charge on any atom is -0.378 e. The average Bonchev–Trinajstić information content (AvgIpc) is 2.52. The Labute approximate surface area is 131 Å². The summed E-state index contributed by atoms with van der Waals surface area (Å²) >= 11 is 0. The van der Waals surface area contributed by atoms with Crippen LogP contribution >= 0.6 is 0 Å². The first-order chi connectivity index (χ1) is 10.5. The molecule has 22 heavy (non-hydrogen) atoms. The maximum absolute atomic E-state index is 11.3. The number of hydrogen-bond acceptors (Lipinski definition) is 7. The first-order valence-electron chi connectivity index (χ1n) is 7.40. The summed E-state index contributed by atoms with van der Waals surface area (Å²) in [6.45, 7) is 7.27. The Morgan fingerprint density at radius 1 is 1.27 bits per heavy atom. The quantitative estimate of drug-likeness (QED) is 0.678. The largest absolute Gasteiger partial charge is 0.378 e. The molecule has 8 nitrogen and oxygen atoms in total. The van der Waals surface area contributed by atoms with E-state index < -0.39 is 10.0 Å². The zero-order valence-corrected chi connectivity index (χ0v) is 13.8. The van der Waals surface area contributed by atoms with Crippen molar-refractivity contribution in [2.45, 2.75) is 13.8 Å². The van der Waals surface area contributed by atoms with Gasteiger partial charge in [0.15, 0.2) is 0 Å². The highest BCUT2D eigenvalue weighted by Crippen LogP contribution is 2.16. The molecule has 1 aliphatic rings. The van der Waals surface area contributed by atoms with Gasteiger partial charge in [-0.2, -0.15) is 0 Å². The molecule has 1 aromatic heterocycles. The number of morpholine rings is 1. The van der Waals surface area contributed by atoms with E-state index in [-0.39, 0.29) is 5.75 Å². The Bertz CT molecular complexity index is 587. The SMILES string of the molecule is CCS(=O)(=O)NCCNc1cc(N2CCOCC2)nc(C)n1. The van der Waals surface area contributed by atoms with E-state index in [1.54, 1.807) is 6.92 Å². The average molecular weight is 329 g/mol. The van der Waals surface area contributed by atoms with Crippen LogP contribution in [-0.2, 0) is 14.8 Å². The molecule has 0 bridgehead atoms. The molecule has 0 radical (unpaired) electrons. The highest BCUT2D eigenvalue weighted by atomic mass is 32.2. The second-order valence-corrected chi connectivity index (χ2v) is 7.08. The van der Waals surface area contributed by atoms with Crippen LogP contribution in [0.2, 0.25) is 0 Å². The number of ether oxygens (including phenoxy) is 1. The predicted octanol–water partition coefficient (Wildman–Crippen LogP) is -0.0272. The lowest BCUT2D eigenvalue weighted by Gasteiger charge is -2.28. The summed E-state index contributed by atoms with van der Waals surface area (Å²) in [6.07, 6.45) is 0. The Balaban J connectivity index is 1.92. The van der Waals surface area contributed by atoms with Gasteiger partial charge in [-0.25, -0.2) is 23.1 Å². The summed E-state index contributed by atoms with van der Waals surface area (Å²) in [7, 11) is -3.15. The van der Waals surface area contributed by atoms with Gasteiger partial charge in [-0.3, -0.25) is 0 Å². The summed E-state index contributed by atoms with van der Waals surface area (Å²) < 4.78 is 30.5. The van der Waals surface area contributed by atoms with Crippen molar-refractivity contribution in [1.82, 2.24) is 14.7 Å². The second-order valence-electron chi connectivity index (χ2n) is 4.98. The number of anilines is 2. The van der Waals surface area contributed by atoms with Crippen LogP contribution in [0.3, 0.4) is 0 Å². The standard InChI is InChI=1S/C13H23N5O3S/c1-3-22(19,20)15-5-4-14-12-10-13(17-11(2)16-12)18-6-8-21-9-7-18/h10,15H,3-9H2,1-2H3,(H,14,16,17). The summed E-state index contributed by atoms with van der Waals surface area (Å²) in [6, 6.07) is 1.88. The van der Waals surface area contributed by atoms with Crippen molar-refractivity contribution in [3.63, 3.8) is 0 Å². The van der Waals surface area contributed by atoms with Gasteiger partial charge in [0.05, 0.1) is 19.0 Å². The molecule has 1 aromatic rings. The Kier molecular flexibility index (Phi) is 5.92. The fourth-order valence-electron chi connectivity index (χ4n) is 2.10. The zero-order valence-electron chi connectivity index (χ0n) is 13.0. The summed E-state index contributed by atoms with van der Waals surface area (Å²) in [4.78, 5) is 10.9. The van der Waals surface area contributed by atoms with Gasteiger partial charge in [-0.15, -0.1) is 0 Å². The van der Waals surface area contributed by atoms with Crippen LogP contribution in [0.15, 0.2) is 6.07 Å². The molecule has 1 fully saturated rings. The molecule has 124 valence electrons. The van der Waals surface area contributed by atoms with Crippen molar-refractivity contribution in [3.05, 3.63) is 11.9 Å². The van der Waals surface area contributed by atoms with E-state index >= 15 is 0 Å². The van der Waals surface area contributed by atoms with Crippen LogP contribution in [0.25, 0.3) is 0 Å². The van der Waals surface area contributed by atoms with E-state index in [0.717, 1.165) is 18.9 Å². The maximum atomic E-state index is 11.3. The smallest absolute Gasteiger partial charge is 0.211 e. The van der Waals surface area contributed by atoms with E-state index in [1.165, 1.54) is 0 Å². The van der Waals surface area contributed by atoms with Crippen molar-refractivity contribution in [2.24, 2.45) is 0 Å². The Hall–Kier alpha value is -1.45.